The lowest BCUT2D eigenvalue weighted by Crippen LogP contribution is -3.14. The van der Waals surface area contributed by atoms with E-state index in [0.29, 0.717) is 19.8 Å². The minimum absolute atomic E-state index is 0.107. The van der Waals surface area contributed by atoms with Gasteiger partial charge < -0.3 is 20.3 Å². The third-order valence-corrected chi connectivity index (χ3v) is 5.93. The first-order chi connectivity index (χ1) is 14.8. The summed E-state index contributed by atoms with van der Waals surface area (Å²) in [7, 11) is 0. The van der Waals surface area contributed by atoms with E-state index in [1.165, 1.54) is 11.1 Å². The van der Waals surface area contributed by atoms with Crippen molar-refractivity contribution < 1.29 is 27.6 Å². The highest BCUT2D eigenvalue weighted by molar-refractivity contribution is 5.98. The topological polar surface area (TPSA) is 72.6 Å². The molecule has 1 amide bonds. The summed E-state index contributed by atoms with van der Waals surface area (Å²) < 4.78 is 47.6. The maximum absolute atomic E-state index is 13.8. The molecule has 2 aromatic rings. The fourth-order valence-corrected chi connectivity index (χ4v) is 4.10. The number of nitrogens with one attached hydrogen (secondary N) is 3. The number of aromatic nitrogens is 2. The summed E-state index contributed by atoms with van der Waals surface area (Å²) in [6, 6.07) is 5.00. The van der Waals surface area contributed by atoms with Crippen molar-refractivity contribution in [1.82, 2.24) is 15.1 Å². The standard InChI is InChI=1S/C21H26F3N5O2/c1-14-2-4-15(5-3-14)17-12-18(21(22,23)24)29-19(27-17)16(13-26-29)20(30)25-6-7-28-8-10-31-11-9-28/h2-5,13,17-18,27H,6-12H2,1H3,(H,25,30)/p+1. The average molecular weight is 438 g/mol. The summed E-state index contributed by atoms with van der Waals surface area (Å²) in [5.74, 6) is -0.317. The second kappa shape index (κ2) is 8.88. The summed E-state index contributed by atoms with van der Waals surface area (Å²) in [5, 5.41) is 9.86. The fourth-order valence-electron chi connectivity index (χ4n) is 4.10. The highest BCUT2D eigenvalue weighted by atomic mass is 19.4. The van der Waals surface area contributed by atoms with Crippen LogP contribution in [0.5, 0.6) is 0 Å². The number of halogens is 3. The quantitative estimate of drug-likeness (QED) is 0.662. The Bertz CT molecular complexity index is 907. The van der Waals surface area contributed by atoms with Gasteiger partial charge in [0.25, 0.3) is 5.91 Å². The summed E-state index contributed by atoms with van der Waals surface area (Å²) in [5.41, 5.74) is 1.90. The van der Waals surface area contributed by atoms with Gasteiger partial charge in [0.05, 0.1) is 38.5 Å². The number of nitrogens with zero attached hydrogens (tertiary/aromatic N) is 2. The molecule has 1 aromatic heterocycles. The number of hydrogen-bond acceptors (Lipinski definition) is 4. The van der Waals surface area contributed by atoms with E-state index in [4.69, 9.17) is 4.74 Å². The zero-order valence-corrected chi connectivity index (χ0v) is 17.3. The van der Waals surface area contributed by atoms with E-state index in [1.54, 1.807) is 0 Å². The van der Waals surface area contributed by atoms with Gasteiger partial charge in [0.1, 0.15) is 24.5 Å². The molecule has 4 rings (SSSR count). The van der Waals surface area contributed by atoms with Crippen LogP contribution in [-0.2, 0) is 4.74 Å². The number of rotatable bonds is 5. The second-order valence-corrected chi connectivity index (χ2v) is 8.12. The van der Waals surface area contributed by atoms with Gasteiger partial charge in [-0.1, -0.05) is 29.8 Å². The number of quaternary nitrogens is 1. The third kappa shape index (κ3) is 4.85. The Kier molecular flexibility index (Phi) is 6.19. The highest BCUT2D eigenvalue weighted by Crippen LogP contribution is 2.44. The summed E-state index contributed by atoms with van der Waals surface area (Å²) >= 11 is 0. The van der Waals surface area contributed by atoms with Crippen LogP contribution in [0.3, 0.4) is 0 Å². The Morgan fingerprint density at radius 2 is 2.00 bits per heavy atom. The van der Waals surface area contributed by atoms with E-state index >= 15 is 0 Å². The van der Waals surface area contributed by atoms with Crippen molar-refractivity contribution >= 4 is 11.7 Å². The van der Waals surface area contributed by atoms with Crippen molar-refractivity contribution in [2.24, 2.45) is 0 Å². The molecule has 3 heterocycles. The van der Waals surface area contributed by atoms with Crippen LogP contribution < -0.4 is 15.5 Å². The predicted octanol–water partition coefficient (Wildman–Crippen LogP) is 1.50. The Morgan fingerprint density at radius 1 is 1.29 bits per heavy atom. The summed E-state index contributed by atoms with van der Waals surface area (Å²) in [6.45, 7) is 6.25. The second-order valence-electron chi connectivity index (χ2n) is 8.12. The molecule has 31 heavy (non-hydrogen) atoms. The molecule has 1 aromatic carbocycles. The molecule has 2 unspecified atom stereocenters. The summed E-state index contributed by atoms with van der Waals surface area (Å²) in [4.78, 5) is 14.1. The Labute approximate surface area is 178 Å². The van der Waals surface area contributed by atoms with Gasteiger partial charge in [0, 0.05) is 6.42 Å². The van der Waals surface area contributed by atoms with Crippen molar-refractivity contribution in [3.8, 4) is 0 Å². The van der Waals surface area contributed by atoms with Crippen LogP contribution in [0, 0.1) is 6.92 Å². The van der Waals surface area contributed by atoms with E-state index in [1.807, 2.05) is 31.2 Å². The van der Waals surface area contributed by atoms with E-state index < -0.39 is 24.2 Å². The lowest BCUT2D eigenvalue weighted by molar-refractivity contribution is -0.906. The van der Waals surface area contributed by atoms with Gasteiger partial charge in [-0.25, -0.2) is 4.68 Å². The maximum Gasteiger partial charge on any atom is 0.410 e. The van der Waals surface area contributed by atoms with Crippen molar-refractivity contribution in [3.63, 3.8) is 0 Å². The van der Waals surface area contributed by atoms with E-state index in [9.17, 15) is 18.0 Å². The number of anilines is 1. The SMILES string of the molecule is Cc1ccc(C2CC(C(F)(F)F)n3ncc(C(=O)NCC[NH+]4CCOCC4)c3N2)cc1. The number of ether oxygens (including phenoxy) is 1. The van der Waals surface area contributed by atoms with Crippen LogP contribution in [0.15, 0.2) is 30.5 Å². The van der Waals surface area contributed by atoms with Gasteiger partial charge in [-0.05, 0) is 12.5 Å². The van der Waals surface area contributed by atoms with Crippen LogP contribution >= 0.6 is 0 Å². The molecular weight excluding hydrogens is 411 g/mol. The predicted molar refractivity (Wildman–Crippen MR) is 108 cm³/mol. The van der Waals surface area contributed by atoms with Crippen LogP contribution in [0.25, 0.3) is 0 Å². The molecule has 2 atom stereocenters. The molecule has 0 radical (unpaired) electrons. The number of morpholine rings is 1. The molecular formula is C21H27F3N5O2+. The smallest absolute Gasteiger partial charge is 0.370 e. The molecule has 1 fully saturated rings. The highest BCUT2D eigenvalue weighted by Gasteiger charge is 2.47. The molecule has 7 nitrogen and oxygen atoms in total. The molecule has 2 aliphatic heterocycles. The monoisotopic (exact) mass is 438 g/mol. The largest absolute Gasteiger partial charge is 0.410 e. The number of fused-ring (bicyclic) bond motifs is 1. The van der Waals surface area contributed by atoms with E-state index in [2.05, 4.69) is 15.7 Å². The van der Waals surface area contributed by atoms with Crippen LogP contribution in [0.2, 0.25) is 0 Å². The van der Waals surface area contributed by atoms with Gasteiger partial charge in [0.2, 0.25) is 0 Å². The van der Waals surface area contributed by atoms with Crippen molar-refractivity contribution in [2.75, 3.05) is 44.7 Å². The number of aryl methyl sites for hydroxylation is 1. The van der Waals surface area contributed by atoms with Gasteiger partial charge in [-0.2, -0.15) is 18.3 Å². The Hall–Kier alpha value is -2.59. The maximum atomic E-state index is 13.8. The summed E-state index contributed by atoms with van der Waals surface area (Å²) in [6.07, 6.45) is -3.45. The molecule has 0 bridgehead atoms. The van der Waals surface area contributed by atoms with Crippen molar-refractivity contribution in [3.05, 3.63) is 47.2 Å². The number of hydrogen-bond donors (Lipinski definition) is 3. The van der Waals surface area contributed by atoms with Crippen LogP contribution in [0.4, 0.5) is 19.0 Å². The molecule has 168 valence electrons. The molecule has 3 N–H and O–H groups in total. The molecule has 1 saturated heterocycles. The zero-order valence-electron chi connectivity index (χ0n) is 17.3. The van der Waals surface area contributed by atoms with E-state index in [0.717, 1.165) is 35.4 Å². The minimum Gasteiger partial charge on any atom is -0.370 e. The average Bonchev–Trinajstić information content (AvgIpc) is 3.17. The van der Waals surface area contributed by atoms with Gasteiger partial charge >= 0.3 is 6.18 Å². The first-order valence-corrected chi connectivity index (χ1v) is 10.5. The lowest BCUT2D eigenvalue weighted by atomic mass is 9.96. The lowest BCUT2D eigenvalue weighted by Gasteiger charge is -2.34. The van der Waals surface area contributed by atoms with Crippen LogP contribution in [0.1, 0.15) is 40.0 Å². The van der Waals surface area contributed by atoms with Crippen LogP contribution in [-0.4, -0.2) is 61.3 Å². The van der Waals surface area contributed by atoms with Crippen molar-refractivity contribution in [2.45, 2.75) is 31.6 Å². The number of amides is 1. The Morgan fingerprint density at radius 3 is 2.68 bits per heavy atom. The molecule has 2 aliphatic rings. The van der Waals surface area contributed by atoms with Crippen molar-refractivity contribution in [1.29, 1.82) is 0 Å². The molecule has 10 heteroatoms. The normalized spacial score (nSPS) is 21.9. The zero-order chi connectivity index (χ0) is 22.0. The minimum atomic E-state index is -4.47. The molecule has 0 saturated carbocycles. The first kappa shape index (κ1) is 21.6. The number of carbonyl (C=O) groups excluding carboxylic acids is 1. The third-order valence-electron chi connectivity index (χ3n) is 5.93. The van der Waals surface area contributed by atoms with Gasteiger partial charge in [-0.3, -0.25) is 4.79 Å². The fraction of sp³-hybridized carbons (Fsp3) is 0.524. The first-order valence-electron chi connectivity index (χ1n) is 10.5. The number of alkyl halides is 3. The number of benzene rings is 1. The molecule has 0 aliphatic carbocycles. The van der Waals surface area contributed by atoms with Gasteiger partial charge in [-0.15, -0.1) is 0 Å². The molecule has 0 spiro atoms. The Balaban J connectivity index is 1.51. The van der Waals surface area contributed by atoms with E-state index in [-0.39, 0.29) is 17.8 Å². The number of carbonyl (C=O) groups is 1. The van der Waals surface area contributed by atoms with Gasteiger partial charge in [0.15, 0.2) is 6.04 Å².